The Morgan fingerprint density at radius 1 is 1.14 bits per heavy atom. The molecule has 5 nitrogen and oxygen atoms in total. The van der Waals surface area contributed by atoms with E-state index in [-0.39, 0.29) is 19.1 Å². The van der Waals surface area contributed by atoms with Crippen LogP contribution in [0.25, 0.3) is 0 Å². The van der Waals surface area contributed by atoms with Gasteiger partial charge in [-0.05, 0) is 30.2 Å². The van der Waals surface area contributed by atoms with Gasteiger partial charge >= 0.3 is 0 Å². The van der Waals surface area contributed by atoms with E-state index in [0.29, 0.717) is 11.5 Å². The Labute approximate surface area is 128 Å². The van der Waals surface area contributed by atoms with Crippen LogP contribution in [-0.4, -0.2) is 18.4 Å². The van der Waals surface area contributed by atoms with E-state index in [2.05, 4.69) is 10.5 Å². The highest BCUT2D eigenvalue weighted by Gasteiger charge is 2.14. The van der Waals surface area contributed by atoms with Crippen molar-refractivity contribution in [3.8, 4) is 11.5 Å². The molecule has 1 heterocycles. The first-order chi connectivity index (χ1) is 10.7. The third kappa shape index (κ3) is 3.25. The largest absolute Gasteiger partial charge is 0.454 e. The highest BCUT2D eigenvalue weighted by Crippen LogP contribution is 2.32. The average molecular weight is 296 g/mol. The van der Waals surface area contributed by atoms with E-state index in [1.807, 2.05) is 55.5 Å². The molecule has 0 saturated carbocycles. The molecule has 3 rings (SSSR count). The minimum atomic E-state index is -0.172. The number of ether oxygens (including phenoxy) is 2. The summed E-state index contributed by atoms with van der Waals surface area (Å²) < 4.78 is 10.5. The molecular weight excluding hydrogens is 280 g/mol. The number of benzene rings is 2. The average Bonchev–Trinajstić information content (AvgIpc) is 3.01. The van der Waals surface area contributed by atoms with Gasteiger partial charge < -0.3 is 9.47 Å². The molecular formula is C17H16N2O3. The molecule has 1 amide bonds. The van der Waals surface area contributed by atoms with Crippen molar-refractivity contribution < 1.29 is 14.3 Å². The van der Waals surface area contributed by atoms with Crippen molar-refractivity contribution in [1.29, 1.82) is 0 Å². The molecule has 0 aromatic heterocycles. The zero-order valence-corrected chi connectivity index (χ0v) is 12.2. The molecule has 0 fully saturated rings. The van der Waals surface area contributed by atoms with Crippen LogP contribution >= 0.6 is 0 Å². The van der Waals surface area contributed by atoms with Crippen molar-refractivity contribution in [3.63, 3.8) is 0 Å². The second kappa shape index (κ2) is 6.30. The summed E-state index contributed by atoms with van der Waals surface area (Å²) in [4.78, 5) is 12.0. The number of nitrogens with one attached hydrogen (secondary N) is 1. The van der Waals surface area contributed by atoms with Crippen molar-refractivity contribution in [1.82, 2.24) is 5.43 Å². The highest BCUT2D eigenvalue weighted by molar-refractivity contribution is 5.99. The second-order valence-electron chi connectivity index (χ2n) is 4.96. The Morgan fingerprint density at radius 2 is 1.91 bits per heavy atom. The molecule has 22 heavy (non-hydrogen) atoms. The van der Waals surface area contributed by atoms with E-state index < -0.39 is 0 Å². The predicted molar refractivity (Wildman–Crippen MR) is 83.1 cm³/mol. The molecule has 112 valence electrons. The number of hydrogen-bond acceptors (Lipinski definition) is 4. The van der Waals surface area contributed by atoms with Gasteiger partial charge in [-0.1, -0.05) is 36.4 Å². The van der Waals surface area contributed by atoms with Crippen molar-refractivity contribution in [3.05, 3.63) is 59.7 Å². The first-order valence-electron chi connectivity index (χ1n) is 6.99. The summed E-state index contributed by atoms with van der Waals surface area (Å²) in [6.45, 7) is 2.09. The molecule has 1 aliphatic rings. The summed E-state index contributed by atoms with van der Waals surface area (Å²) in [5.41, 5.74) is 5.17. The fourth-order valence-corrected chi connectivity index (χ4v) is 2.17. The van der Waals surface area contributed by atoms with Crippen LogP contribution in [0.1, 0.15) is 18.1 Å². The van der Waals surface area contributed by atoms with Gasteiger partial charge in [-0.3, -0.25) is 4.79 Å². The minimum Gasteiger partial charge on any atom is -0.454 e. The molecule has 2 aromatic carbocycles. The minimum absolute atomic E-state index is 0.172. The van der Waals surface area contributed by atoms with Crippen LogP contribution in [-0.2, 0) is 11.2 Å². The van der Waals surface area contributed by atoms with Gasteiger partial charge in [-0.25, -0.2) is 5.43 Å². The van der Waals surface area contributed by atoms with Crippen molar-refractivity contribution >= 4 is 11.6 Å². The predicted octanol–water partition coefficient (Wildman–Crippen LogP) is 2.50. The SMILES string of the molecule is C/C(=N/NC(=O)Cc1ccc2c(c1)OCO2)c1ccccc1. The van der Waals surface area contributed by atoms with Crippen LogP contribution < -0.4 is 14.9 Å². The smallest absolute Gasteiger partial charge is 0.244 e. The van der Waals surface area contributed by atoms with Gasteiger partial charge in [-0.15, -0.1) is 0 Å². The van der Waals surface area contributed by atoms with Crippen LogP contribution in [0.15, 0.2) is 53.6 Å². The summed E-state index contributed by atoms with van der Waals surface area (Å²) >= 11 is 0. The summed E-state index contributed by atoms with van der Waals surface area (Å²) in [5.74, 6) is 1.21. The number of fused-ring (bicyclic) bond motifs is 1. The Kier molecular flexibility index (Phi) is 4.05. The lowest BCUT2D eigenvalue weighted by Gasteiger charge is -2.04. The van der Waals surface area contributed by atoms with E-state index >= 15 is 0 Å². The standard InChI is InChI=1S/C17H16N2O3/c1-12(14-5-3-2-4-6-14)18-19-17(20)10-13-7-8-15-16(9-13)22-11-21-15/h2-9H,10-11H2,1H3,(H,19,20)/b18-12-. The fraction of sp³-hybridized carbons (Fsp3) is 0.176. The summed E-state index contributed by atoms with van der Waals surface area (Å²) in [6.07, 6.45) is 0.238. The lowest BCUT2D eigenvalue weighted by Crippen LogP contribution is -2.21. The molecule has 0 aliphatic carbocycles. The number of carbonyl (C=O) groups is 1. The van der Waals surface area contributed by atoms with Crippen LogP contribution in [0, 0.1) is 0 Å². The van der Waals surface area contributed by atoms with Gasteiger partial charge in [0.15, 0.2) is 11.5 Å². The zero-order chi connectivity index (χ0) is 15.4. The maximum absolute atomic E-state index is 12.0. The van der Waals surface area contributed by atoms with Gasteiger partial charge in [0, 0.05) is 0 Å². The van der Waals surface area contributed by atoms with Crippen molar-refractivity contribution in [2.24, 2.45) is 5.10 Å². The second-order valence-corrected chi connectivity index (χ2v) is 4.96. The third-order valence-corrected chi connectivity index (χ3v) is 3.34. The molecule has 1 N–H and O–H groups in total. The lowest BCUT2D eigenvalue weighted by atomic mass is 10.1. The van der Waals surface area contributed by atoms with Gasteiger partial charge in [-0.2, -0.15) is 5.10 Å². The first-order valence-corrected chi connectivity index (χ1v) is 6.99. The van der Waals surface area contributed by atoms with E-state index in [0.717, 1.165) is 16.8 Å². The summed E-state index contributed by atoms with van der Waals surface area (Å²) in [7, 11) is 0. The van der Waals surface area contributed by atoms with E-state index in [1.165, 1.54) is 0 Å². The molecule has 0 spiro atoms. The Bertz CT molecular complexity index is 711. The Hall–Kier alpha value is -2.82. The van der Waals surface area contributed by atoms with Crippen LogP contribution in [0.5, 0.6) is 11.5 Å². The van der Waals surface area contributed by atoms with Crippen molar-refractivity contribution in [2.75, 3.05) is 6.79 Å². The van der Waals surface area contributed by atoms with Crippen molar-refractivity contribution in [2.45, 2.75) is 13.3 Å². The number of carbonyl (C=O) groups excluding carboxylic acids is 1. The van der Waals surface area contributed by atoms with Gasteiger partial charge in [0.05, 0.1) is 12.1 Å². The summed E-state index contributed by atoms with van der Waals surface area (Å²) in [6, 6.07) is 15.2. The Balaban J connectivity index is 1.61. The van der Waals surface area contributed by atoms with E-state index in [1.54, 1.807) is 0 Å². The van der Waals surface area contributed by atoms with Gasteiger partial charge in [0.1, 0.15) is 0 Å². The fourth-order valence-electron chi connectivity index (χ4n) is 2.17. The molecule has 2 aromatic rings. The lowest BCUT2D eigenvalue weighted by molar-refractivity contribution is -0.120. The highest BCUT2D eigenvalue weighted by atomic mass is 16.7. The van der Waals surface area contributed by atoms with E-state index in [4.69, 9.17) is 9.47 Å². The van der Waals surface area contributed by atoms with Crippen LogP contribution in [0.3, 0.4) is 0 Å². The third-order valence-electron chi connectivity index (χ3n) is 3.34. The maximum atomic E-state index is 12.0. The maximum Gasteiger partial charge on any atom is 0.244 e. The van der Waals surface area contributed by atoms with Gasteiger partial charge in [0.25, 0.3) is 0 Å². The Morgan fingerprint density at radius 3 is 2.73 bits per heavy atom. The number of hydrogen-bond donors (Lipinski definition) is 1. The monoisotopic (exact) mass is 296 g/mol. The summed E-state index contributed by atoms with van der Waals surface area (Å²) in [5, 5.41) is 4.12. The normalized spacial score (nSPS) is 13.0. The number of rotatable bonds is 4. The zero-order valence-electron chi connectivity index (χ0n) is 12.2. The first kappa shape index (κ1) is 14.1. The van der Waals surface area contributed by atoms with Crippen LogP contribution in [0.2, 0.25) is 0 Å². The number of nitrogens with zero attached hydrogens (tertiary/aromatic N) is 1. The molecule has 0 radical (unpaired) electrons. The van der Waals surface area contributed by atoms with Crippen LogP contribution in [0.4, 0.5) is 0 Å². The molecule has 5 heteroatoms. The molecule has 0 unspecified atom stereocenters. The molecule has 0 atom stereocenters. The molecule has 0 bridgehead atoms. The quantitative estimate of drug-likeness (QED) is 0.696. The topological polar surface area (TPSA) is 59.9 Å². The molecule has 0 saturated heterocycles. The number of amides is 1. The molecule has 1 aliphatic heterocycles. The van der Waals surface area contributed by atoms with E-state index in [9.17, 15) is 4.79 Å². The van der Waals surface area contributed by atoms with Gasteiger partial charge in [0.2, 0.25) is 12.7 Å². The number of hydrazone groups is 1.